The van der Waals surface area contributed by atoms with E-state index in [2.05, 4.69) is 20.5 Å². The van der Waals surface area contributed by atoms with Gasteiger partial charge in [0.1, 0.15) is 12.4 Å². The van der Waals surface area contributed by atoms with Crippen molar-refractivity contribution in [2.75, 3.05) is 5.73 Å². The number of nitrogens with two attached hydrogens (primary N) is 1. The predicted molar refractivity (Wildman–Crippen MR) is 115 cm³/mol. The molecule has 0 fully saturated rings. The van der Waals surface area contributed by atoms with E-state index in [0.717, 1.165) is 34.4 Å². The highest BCUT2D eigenvalue weighted by Gasteiger charge is 2.15. The van der Waals surface area contributed by atoms with Crippen LogP contribution in [0.1, 0.15) is 23.6 Å². The number of benzene rings is 2. The van der Waals surface area contributed by atoms with E-state index in [1.54, 1.807) is 6.20 Å². The minimum absolute atomic E-state index is 0.241. The van der Waals surface area contributed by atoms with E-state index in [9.17, 15) is 4.79 Å². The molecule has 0 saturated heterocycles. The zero-order valence-corrected chi connectivity index (χ0v) is 16.8. The highest BCUT2D eigenvalue weighted by atomic mass is 16.5. The Labute approximate surface area is 173 Å². The van der Waals surface area contributed by atoms with Crippen LogP contribution >= 0.6 is 0 Å². The number of hydrogen-bond donors (Lipinski definition) is 2. The first-order valence-electron chi connectivity index (χ1n) is 9.64. The fourth-order valence-electron chi connectivity index (χ4n) is 3.44. The average molecular weight is 402 g/mol. The molecule has 0 atom stereocenters. The Morgan fingerprint density at radius 2 is 2.03 bits per heavy atom. The van der Waals surface area contributed by atoms with Gasteiger partial charge in [0.25, 0.3) is 0 Å². The van der Waals surface area contributed by atoms with Gasteiger partial charge in [0.2, 0.25) is 0 Å². The van der Waals surface area contributed by atoms with Crippen LogP contribution in [-0.4, -0.2) is 25.2 Å². The zero-order chi connectivity index (χ0) is 21.1. The van der Waals surface area contributed by atoms with Crippen LogP contribution < -0.4 is 16.2 Å². The first kappa shape index (κ1) is 19.4. The van der Waals surface area contributed by atoms with Crippen LogP contribution in [0.5, 0.6) is 5.75 Å². The molecule has 0 spiro atoms. The van der Waals surface area contributed by atoms with Gasteiger partial charge in [-0.15, -0.1) is 0 Å². The van der Waals surface area contributed by atoms with Crippen molar-refractivity contribution in [3.05, 3.63) is 81.9 Å². The Morgan fingerprint density at radius 1 is 1.17 bits per heavy atom. The van der Waals surface area contributed by atoms with Crippen molar-refractivity contribution < 1.29 is 4.74 Å². The minimum Gasteiger partial charge on any atom is -0.487 e. The summed E-state index contributed by atoms with van der Waals surface area (Å²) in [5.74, 6) is 0.580. The van der Waals surface area contributed by atoms with Gasteiger partial charge >= 0.3 is 5.69 Å². The van der Waals surface area contributed by atoms with Crippen LogP contribution in [-0.2, 0) is 13.0 Å². The monoisotopic (exact) mass is 402 g/mol. The Morgan fingerprint density at radius 3 is 2.73 bits per heavy atom. The summed E-state index contributed by atoms with van der Waals surface area (Å²) in [6.07, 6.45) is 2.54. The lowest BCUT2D eigenvalue weighted by molar-refractivity contribution is 0.306. The highest BCUT2D eigenvalue weighted by molar-refractivity contribution is 5.71. The van der Waals surface area contributed by atoms with Crippen LogP contribution in [0.4, 0.5) is 5.69 Å². The highest BCUT2D eigenvalue weighted by Crippen LogP contribution is 2.32. The normalized spacial score (nSPS) is 10.9. The minimum atomic E-state index is -0.403. The van der Waals surface area contributed by atoms with Gasteiger partial charge in [0.15, 0.2) is 0 Å². The molecule has 3 N–H and O–H groups in total. The number of aryl methyl sites for hydroxylation is 2. The van der Waals surface area contributed by atoms with Crippen LogP contribution in [0, 0.1) is 6.92 Å². The summed E-state index contributed by atoms with van der Waals surface area (Å²) in [7, 11) is 0. The zero-order valence-electron chi connectivity index (χ0n) is 16.8. The number of H-pyrrole nitrogens is 1. The molecule has 2 heterocycles. The summed E-state index contributed by atoms with van der Waals surface area (Å²) in [5, 5.41) is 9.77. The van der Waals surface area contributed by atoms with E-state index >= 15 is 0 Å². The molecule has 0 saturated carbocycles. The fraction of sp³-hybridized carbons (Fsp3) is 0.182. The lowest BCUT2D eigenvalue weighted by Gasteiger charge is -2.16. The van der Waals surface area contributed by atoms with Crippen LogP contribution in [0.15, 0.2) is 59.5 Å². The molecular formula is C22H22N6O2. The largest absolute Gasteiger partial charge is 0.487 e. The SMILES string of the molecule is CCc1cccc(-n2nn[nH]c2=O)c1COc1cc(C)c(-c2ccccn2)cc1N. The van der Waals surface area contributed by atoms with Crippen molar-refractivity contribution in [3.8, 4) is 22.7 Å². The lowest BCUT2D eigenvalue weighted by atomic mass is 10.0. The van der Waals surface area contributed by atoms with E-state index in [0.29, 0.717) is 17.1 Å². The first-order chi connectivity index (χ1) is 14.6. The van der Waals surface area contributed by atoms with Crippen molar-refractivity contribution in [2.45, 2.75) is 26.9 Å². The van der Waals surface area contributed by atoms with E-state index in [4.69, 9.17) is 10.5 Å². The van der Waals surface area contributed by atoms with Gasteiger partial charge in [-0.05, 0) is 65.2 Å². The molecule has 0 aliphatic rings. The summed E-state index contributed by atoms with van der Waals surface area (Å²) in [4.78, 5) is 16.4. The molecule has 0 unspecified atom stereocenters. The summed E-state index contributed by atoms with van der Waals surface area (Å²) in [6, 6.07) is 15.3. The molecule has 0 aliphatic carbocycles. The van der Waals surface area contributed by atoms with E-state index in [1.807, 2.05) is 62.4 Å². The number of anilines is 1. The number of tetrazole rings is 1. The molecule has 8 nitrogen and oxygen atoms in total. The van der Waals surface area contributed by atoms with Gasteiger partial charge in [-0.25, -0.2) is 9.89 Å². The third kappa shape index (κ3) is 3.67. The Hall–Kier alpha value is -3.94. The molecule has 0 amide bonds. The van der Waals surface area contributed by atoms with Crippen molar-refractivity contribution in [2.24, 2.45) is 0 Å². The van der Waals surface area contributed by atoms with E-state index < -0.39 is 5.69 Å². The molecule has 0 radical (unpaired) electrons. The van der Waals surface area contributed by atoms with Gasteiger partial charge in [0.05, 0.1) is 17.1 Å². The molecule has 4 rings (SSSR count). The van der Waals surface area contributed by atoms with Gasteiger partial charge in [0, 0.05) is 17.3 Å². The second-order valence-electron chi connectivity index (χ2n) is 6.90. The second kappa shape index (κ2) is 8.20. The van der Waals surface area contributed by atoms with Crippen molar-refractivity contribution in [1.82, 2.24) is 25.2 Å². The lowest BCUT2D eigenvalue weighted by Crippen LogP contribution is -2.19. The Balaban J connectivity index is 1.67. The maximum atomic E-state index is 12.0. The molecule has 4 aromatic rings. The maximum Gasteiger partial charge on any atom is 0.365 e. The third-order valence-corrected chi connectivity index (χ3v) is 5.00. The first-order valence-corrected chi connectivity index (χ1v) is 9.64. The van der Waals surface area contributed by atoms with Crippen molar-refractivity contribution in [3.63, 3.8) is 0 Å². The smallest absolute Gasteiger partial charge is 0.365 e. The Kier molecular flexibility index (Phi) is 5.30. The Bertz CT molecular complexity index is 1230. The molecule has 2 aromatic heterocycles. The average Bonchev–Trinajstić information content (AvgIpc) is 3.20. The number of pyridine rings is 1. The van der Waals surface area contributed by atoms with Gasteiger partial charge in [-0.3, -0.25) is 4.98 Å². The van der Waals surface area contributed by atoms with Crippen LogP contribution in [0.2, 0.25) is 0 Å². The number of ether oxygens (including phenoxy) is 1. The summed E-state index contributed by atoms with van der Waals surface area (Å²) in [6.45, 7) is 4.29. The summed E-state index contributed by atoms with van der Waals surface area (Å²) >= 11 is 0. The molecule has 0 aliphatic heterocycles. The number of nitrogens with zero attached hydrogens (tertiary/aromatic N) is 4. The van der Waals surface area contributed by atoms with Crippen LogP contribution in [0.3, 0.4) is 0 Å². The predicted octanol–water partition coefficient (Wildman–Crippen LogP) is 3.05. The van der Waals surface area contributed by atoms with Crippen molar-refractivity contribution >= 4 is 5.69 Å². The summed E-state index contributed by atoms with van der Waals surface area (Å²) < 4.78 is 7.33. The topological polar surface area (TPSA) is 112 Å². The molecular weight excluding hydrogens is 380 g/mol. The van der Waals surface area contributed by atoms with Crippen LogP contribution in [0.25, 0.3) is 16.9 Å². The fourth-order valence-corrected chi connectivity index (χ4v) is 3.44. The molecule has 152 valence electrons. The number of rotatable bonds is 6. The molecule has 30 heavy (non-hydrogen) atoms. The number of aromatic nitrogens is 5. The summed E-state index contributed by atoms with van der Waals surface area (Å²) in [5.41, 5.74) is 11.8. The van der Waals surface area contributed by atoms with E-state index in [1.165, 1.54) is 4.68 Å². The van der Waals surface area contributed by atoms with Gasteiger partial charge in [-0.1, -0.05) is 25.1 Å². The second-order valence-corrected chi connectivity index (χ2v) is 6.90. The molecule has 0 bridgehead atoms. The van der Waals surface area contributed by atoms with E-state index in [-0.39, 0.29) is 6.61 Å². The number of nitrogens with one attached hydrogen (secondary N) is 1. The number of hydrogen-bond acceptors (Lipinski definition) is 6. The molecule has 2 aromatic carbocycles. The van der Waals surface area contributed by atoms with Gasteiger partial charge < -0.3 is 10.5 Å². The van der Waals surface area contributed by atoms with Crippen molar-refractivity contribution in [1.29, 1.82) is 0 Å². The number of nitrogen functional groups attached to an aromatic ring is 1. The molecule has 8 heteroatoms. The standard InChI is InChI=1S/C22H22N6O2/c1-3-15-7-6-9-20(28-22(29)25-26-27-28)17(15)13-30-21-11-14(2)16(12-18(21)23)19-8-4-5-10-24-19/h4-12H,3,13,23H2,1-2H3,(H,25,27,29). The number of aromatic amines is 1. The maximum absolute atomic E-state index is 12.0. The quantitative estimate of drug-likeness (QED) is 0.480. The third-order valence-electron chi connectivity index (χ3n) is 5.00. The van der Waals surface area contributed by atoms with Gasteiger partial charge in [-0.2, -0.15) is 4.68 Å².